The predicted octanol–water partition coefficient (Wildman–Crippen LogP) is 2.58. The average Bonchev–Trinajstić information content (AvgIpc) is 2.59. The van der Waals surface area contributed by atoms with Crippen LogP contribution in [-0.4, -0.2) is 36.3 Å². The molecule has 1 unspecified atom stereocenters. The molecule has 1 aliphatic heterocycles. The molecule has 130 valence electrons. The topological polar surface area (TPSA) is 105 Å². The monoisotopic (exact) mass is 343 g/mol. The van der Waals surface area contributed by atoms with Crippen LogP contribution in [0.1, 0.15) is 33.8 Å². The fraction of sp³-hybridized carbons (Fsp3) is 0.222. The summed E-state index contributed by atoms with van der Waals surface area (Å²) in [7, 11) is 3.03. The number of ether oxygens (including phenoxy) is 2. The van der Waals surface area contributed by atoms with E-state index < -0.39 is 11.9 Å². The lowest BCUT2D eigenvalue weighted by molar-refractivity contribution is -0.116. The highest BCUT2D eigenvalue weighted by atomic mass is 16.5. The van der Waals surface area contributed by atoms with Crippen LogP contribution in [0, 0.1) is 0 Å². The molecule has 1 heterocycles. The Kier molecular flexibility index (Phi) is 4.22. The number of carbonyl (C=O) groups is 2. The van der Waals surface area contributed by atoms with Crippen molar-refractivity contribution in [2.24, 2.45) is 0 Å². The van der Waals surface area contributed by atoms with E-state index in [2.05, 4.69) is 5.32 Å². The van der Waals surface area contributed by atoms with Gasteiger partial charge < -0.3 is 25.0 Å². The van der Waals surface area contributed by atoms with Gasteiger partial charge in [0.25, 0.3) is 0 Å². The van der Waals surface area contributed by atoms with E-state index in [0.717, 1.165) is 5.56 Å². The van der Waals surface area contributed by atoms with Crippen LogP contribution in [0.5, 0.6) is 17.2 Å². The van der Waals surface area contributed by atoms with Gasteiger partial charge in [0.15, 0.2) is 0 Å². The number of phenols is 1. The molecule has 25 heavy (non-hydrogen) atoms. The van der Waals surface area contributed by atoms with Gasteiger partial charge in [-0.25, -0.2) is 4.79 Å². The highest BCUT2D eigenvalue weighted by Gasteiger charge is 2.31. The van der Waals surface area contributed by atoms with E-state index in [9.17, 15) is 19.8 Å². The Morgan fingerprint density at radius 3 is 2.60 bits per heavy atom. The van der Waals surface area contributed by atoms with Gasteiger partial charge in [-0.05, 0) is 17.7 Å². The Morgan fingerprint density at radius 2 is 1.96 bits per heavy atom. The molecule has 1 atom stereocenters. The Morgan fingerprint density at radius 1 is 1.20 bits per heavy atom. The standard InChI is InChI=1S/C18H17NO6/c1-24-10-6-13-17(15(7-10)25-2)11(8-16(21)19-13)9-3-4-14(20)12(5-9)18(22)23/h3-7,11,20H,8H2,1-2H3,(H,19,21)(H,22,23). The van der Waals surface area contributed by atoms with E-state index in [4.69, 9.17) is 9.47 Å². The second-order valence-electron chi connectivity index (χ2n) is 5.68. The zero-order chi connectivity index (χ0) is 18.1. The number of hydrogen-bond acceptors (Lipinski definition) is 5. The summed E-state index contributed by atoms with van der Waals surface area (Å²) in [5, 5.41) is 21.7. The van der Waals surface area contributed by atoms with Gasteiger partial charge in [0.1, 0.15) is 22.8 Å². The number of aromatic hydroxyl groups is 1. The number of fused-ring (bicyclic) bond motifs is 1. The van der Waals surface area contributed by atoms with Crippen LogP contribution >= 0.6 is 0 Å². The van der Waals surface area contributed by atoms with Crippen LogP contribution in [0.3, 0.4) is 0 Å². The van der Waals surface area contributed by atoms with E-state index in [1.165, 1.54) is 26.4 Å². The lowest BCUT2D eigenvalue weighted by Gasteiger charge is -2.28. The van der Waals surface area contributed by atoms with Crippen LogP contribution in [0.4, 0.5) is 5.69 Å². The predicted molar refractivity (Wildman–Crippen MR) is 89.7 cm³/mol. The summed E-state index contributed by atoms with van der Waals surface area (Å²) < 4.78 is 10.7. The quantitative estimate of drug-likeness (QED) is 0.788. The maximum atomic E-state index is 12.1. The third-order valence-corrected chi connectivity index (χ3v) is 4.24. The summed E-state index contributed by atoms with van der Waals surface area (Å²) in [6.45, 7) is 0. The second-order valence-corrected chi connectivity index (χ2v) is 5.68. The van der Waals surface area contributed by atoms with Gasteiger partial charge in [-0.1, -0.05) is 6.07 Å². The van der Waals surface area contributed by atoms with Crippen LogP contribution in [0.15, 0.2) is 30.3 Å². The molecule has 1 aliphatic rings. The van der Waals surface area contributed by atoms with Crippen molar-refractivity contribution in [1.29, 1.82) is 0 Å². The Hall–Kier alpha value is -3.22. The van der Waals surface area contributed by atoms with Crippen molar-refractivity contribution in [3.05, 3.63) is 47.0 Å². The van der Waals surface area contributed by atoms with Gasteiger partial charge in [0, 0.05) is 30.0 Å². The lowest BCUT2D eigenvalue weighted by Crippen LogP contribution is -2.24. The third kappa shape index (κ3) is 2.96. The SMILES string of the molecule is COc1cc2c(c(OC)c1)C(c1ccc(O)c(C(=O)O)c1)CC(=O)N2. The molecule has 0 fully saturated rings. The van der Waals surface area contributed by atoms with Crippen molar-refractivity contribution < 1.29 is 29.3 Å². The van der Waals surface area contributed by atoms with Gasteiger partial charge in [-0.2, -0.15) is 0 Å². The Labute approximate surface area is 143 Å². The summed E-state index contributed by atoms with van der Waals surface area (Å²) in [5.41, 5.74) is 1.69. The molecule has 7 heteroatoms. The first-order valence-electron chi connectivity index (χ1n) is 7.56. The minimum Gasteiger partial charge on any atom is -0.507 e. The molecule has 3 N–H and O–H groups in total. The molecule has 0 saturated carbocycles. The summed E-state index contributed by atoms with van der Waals surface area (Å²) in [6.07, 6.45) is 0.138. The van der Waals surface area contributed by atoms with E-state index in [1.807, 2.05) is 0 Å². The largest absolute Gasteiger partial charge is 0.507 e. The first kappa shape index (κ1) is 16.6. The molecular formula is C18H17NO6. The number of carboxylic acids is 1. The highest BCUT2D eigenvalue weighted by molar-refractivity contribution is 5.97. The smallest absolute Gasteiger partial charge is 0.339 e. The van der Waals surface area contributed by atoms with Gasteiger partial charge in [-0.15, -0.1) is 0 Å². The van der Waals surface area contributed by atoms with Gasteiger partial charge in [-0.3, -0.25) is 4.79 Å². The molecular weight excluding hydrogens is 326 g/mol. The Balaban J connectivity index is 2.18. The Bertz CT molecular complexity index is 861. The molecule has 2 aromatic carbocycles. The van der Waals surface area contributed by atoms with E-state index in [1.54, 1.807) is 18.2 Å². The van der Waals surface area contributed by atoms with E-state index in [-0.39, 0.29) is 23.6 Å². The summed E-state index contributed by atoms with van der Waals surface area (Å²) in [4.78, 5) is 23.4. The highest BCUT2D eigenvalue weighted by Crippen LogP contribution is 2.45. The maximum Gasteiger partial charge on any atom is 0.339 e. The van der Waals surface area contributed by atoms with Crippen LogP contribution in [-0.2, 0) is 4.79 Å². The van der Waals surface area contributed by atoms with Crippen molar-refractivity contribution in [1.82, 2.24) is 0 Å². The molecule has 0 radical (unpaired) electrons. The molecule has 3 rings (SSSR count). The summed E-state index contributed by atoms with van der Waals surface area (Å²) in [5.74, 6) is -1.08. The van der Waals surface area contributed by atoms with Crippen molar-refractivity contribution in [2.75, 3.05) is 19.5 Å². The molecule has 0 bridgehead atoms. The summed E-state index contributed by atoms with van der Waals surface area (Å²) in [6, 6.07) is 7.72. The fourth-order valence-corrected chi connectivity index (χ4v) is 3.07. The molecule has 0 spiro atoms. The second kappa shape index (κ2) is 6.35. The average molecular weight is 343 g/mol. The van der Waals surface area contributed by atoms with Gasteiger partial charge in [0.05, 0.1) is 19.9 Å². The number of carboxylic acid groups (broad SMARTS) is 1. The van der Waals surface area contributed by atoms with E-state index in [0.29, 0.717) is 22.7 Å². The van der Waals surface area contributed by atoms with Crippen LogP contribution < -0.4 is 14.8 Å². The van der Waals surface area contributed by atoms with Gasteiger partial charge in [0.2, 0.25) is 5.91 Å². The van der Waals surface area contributed by atoms with Crippen LogP contribution in [0.2, 0.25) is 0 Å². The zero-order valence-corrected chi connectivity index (χ0v) is 13.7. The number of aromatic carboxylic acids is 1. The number of carbonyl (C=O) groups excluding carboxylic acids is 1. The normalized spacial score (nSPS) is 15.9. The third-order valence-electron chi connectivity index (χ3n) is 4.24. The van der Waals surface area contributed by atoms with Gasteiger partial charge >= 0.3 is 5.97 Å². The summed E-state index contributed by atoms with van der Waals surface area (Å²) >= 11 is 0. The maximum absolute atomic E-state index is 12.1. The minimum atomic E-state index is -1.23. The number of amides is 1. The van der Waals surface area contributed by atoms with Crippen molar-refractivity contribution in [3.63, 3.8) is 0 Å². The van der Waals surface area contributed by atoms with Crippen LogP contribution in [0.25, 0.3) is 0 Å². The number of rotatable bonds is 4. The van der Waals surface area contributed by atoms with Crippen molar-refractivity contribution in [3.8, 4) is 17.2 Å². The van der Waals surface area contributed by atoms with E-state index >= 15 is 0 Å². The first-order valence-corrected chi connectivity index (χ1v) is 7.56. The molecule has 1 amide bonds. The number of anilines is 1. The minimum absolute atomic E-state index is 0.138. The fourth-order valence-electron chi connectivity index (χ4n) is 3.07. The molecule has 0 aliphatic carbocycles. The number of nitrogens with one attached hydrogen (secondary N) is 1. The first-order chi connectivity index (χ1) is 11.9. The number of hydrogen-bond donors (Lipinski definition) is 3. The lowest BCUT2D eigenvalue weighted by atomic mass is 9.83. The molecule has 2 aromatic rings. The van der Waals surface area contributed by atoms with Crippen molar-refractivity contribution in [2.45, 2.75) is 12.3 Å². The van der Waals surface area contributed by atoms with Crippen molar-refractivity contribution >= 4 is 17.6 Å². The number of benzene rings is 2. The molecule has 7 nitrogen and oxygen atoms in total. The number of methoxy groups -OCH3 is 2. The molecule has 0 saturated heterocycles. The molecule has 0 aromatic heterocycles. The zero-order valence-electron chi connectivity index (χ0n) is 13.7.